The largest absolute Gasteiger partial charge is 0.497 e. The number of fused-ring (bicyclic) bond motifs is 1. The average Bonchev–Trinajstić information content (AvgIpc) is 3.00. The third-order valence-corrected chi connectivity index (χ3v) is 4.55. The number of methoxy groups -OCH3 is 1. The summed E-state index contributed by atoms with van der Waals surface area (Å²) in [6, 6.07) is 7.02. The van der Waals surface area contributed by atoms with E-state index in [4.69, 9.17) is 9.47 Å². The van der Waals surface area contributed by atoms with Crippen LogP contribution in [0.25, 0.3) is 0 Å². The SMILES string of the molecule is COc1ccc2c(c1)CCNC2CCCC1CCCO1. The highest BCUT2D eigenvalue weighted by Gasteiger charge is 2.21. The third-order valence-electron chi connectivity index (χ3n) is 4.55. The van der Waals surface area contributed by atoms with Crippen molar-refractivity contribution in [1.82, 2.24) is 5.32 Å². The summed E-state index contributed by atoms with van der Waals surface area (Å²) in [4.78, 5) is 0. The molecule has 20 heavy (non-hydrogen) atoms. The highest BCUT2D eigenvalue weighted by molar-refractivity contribution is 5.39. The van der Waals surface area contributed by atoms with E-state index < -0.39 is 0 Å². The van der Waals surface area contributed by atoms with E-state index in [-0.39, 0.29) is 0 Å². The first-order valence-electron chi connectivity index (χ1n) is 7.88. The molecule has 0 aromatic heterocycles. The zero-order valence-corrected chi connectivity index (χ0v) is 12.4. The second kappa shape index (κ2) is 6.59. The molecule has 2 atom stereocenters. The maximum Gasteiger partial charge on any atom is 0.119 e. The Hall–Kier alpha value is -1.06. The summed E-state index contributed by atoms with van der Waals surface area (Å²) in [5.41, 5.74) is 2.91. The fourth-order valence-corrected chi connectivity index (χ4v) is 3.44. The zero-order chi connectivity index (χ0) is 13.8. The van der Waals surface area contributed by atoms with Crippen molar-refractivity contribution < 1.29 is 9.47 Å². The lowest BCUT2D eigenvalue weighted by molar-refractivity contribution is 0.101. The number of hydrogen-bond acceptors (Lipinski definition) is 3. The minimum atomic E-state index is 0.506. The van der Waals surface area contributed by atoms with E-state index in [0.717, 1.165) is 25.3 Å². The highest BCUT2D eigenvalue weighted by Crippen LogP contribution is 2.30. The molecule has 3 rings (SSSR count). The lowest BCUT2D eigenvalue weighted by atomic mass is 9.90. The Labute approximate surface area is 121 Å². The minimum absolute atomic E-state index is 0.506. The van der Waals surface area contributed by atoms with Gasteiger partial charge < -0.3 is 14.8 Å². The average molecular weight is 275 g/mol. The van der Waals surface area contributed by atoms with Crippen LogP contribution < -0.4 is 10.1 Å². The van der Waals surface area contributed by atoms with E-state index in [2.05, 4.69) is 23.5 Å². The molecule has 0 saturated carbocycles. The van der Waals surface area contributed by atoms with Crippen LogP contribution in [0.2, 0.25) is 0 Å². The first-order chi connectivity index (χ1) is 9.86. The van der Waals surface area contributed by atoms with Gasteiger partial charge in [-0.15, -0.1) is 0 Å². The van der Waals surface area contributed by atoms with Crippen molar-refractivity contribution in [3.8, 4) is 5.75 Å². The summed E-state index contributed by atoms with van der Waals surface area (Å²) in [6.45, 7) is 2.04. The van der Waals surface area contributed by atoms with Crippen molar-refractivity contribution in [2.45, 2.75) is 50.7 Å². The van der Waals surface area contributed by atoms with Crippen LogP contribution in [0, 0.1) is 0 Å². The Kier molecular flexibility index (Phi) is 4.58. The van der Waals surface area contributed by atoms with E-state index >= 15 is 0 Å². The van der Waals surface area contributed by atoms with Gasteiger partial charge in [0.25, 0.3) is 0 Å². The fraction of sp³-hybridized carbons (Fsp3) is 0.647. The van der Waals surface area contributed by atoms with Gasteiger partial charge in [-0.2, -0.15) is 0 Å². The summed E-state index contributed by atoms with van der Waals surface area (Å²) in [5, 5.41) is 3.66. The number of hydrogen-bond donors (Lipinski definition) is 1. The van der Waals surface area contributed by atoms with Crippen molar-refractivity contribution in [2.24, 2.45) is 0 Å². The zero-order valence-electron chi connectivity index (χ0n) is 12.4. The standard InChI is InChI=1S/C17H25NO2/c1-19-15-7-8-16-13(12-15)9-10-18-17(16)6-2-4-14-5-3-11-20-14/h7-8,12,14,17-18H,2-6,9-11H2,1H3. The van der Waals surface area contributed by atoms with Gasteiger partial charge in [0.05, 0.1) is 13.2 Å². The van der Waals surface area contributed by atoms with E-state index in [1.54, 1.807) is 7.11 Å². The van der Waals surface area contributed by atoms with Crippen molar-refractivity contribution in [2.75, 3.05) is 20.3 Å². The second-order valence-electron chi connectivity index (χ2n) is 5.89. The number of nitrogens with one attached hydrogen (secondary N) is 1. The predicted octanol–water partition coefficient (Wildman–Crippen LogP) is 3.23. The molecule has 0 radical (unpaired) electrons. The maximum atomic E-state index is 5.71. The molecule has 1 aromatic carbocycles. The lowest BCUT2D eigenvalue weighted by Crippen LogP contribution is -2.30. The van der Waals surface area contributed by atoms with E-state index in [0.29, 0.717) is 12.1 Å². The molecule has 1 aromatic rings. The van der Waals surface area contributed by atoms with Crippen molar-refractivity contribution in [1.29, 1.82) is 0 Å². The molecule has 3 heteroatoms. The van der Waals surface area contributed by atoms with Gasteiger partial charge in [-0.3, -0.25) is 0 Å². The van der Waals surface area contributed by atoms with E-state index in [1.165, 1.54) is 43.2 Å². The van der Waals surface area contributed by atoms with Gasteiger partial charge in [0.15, 0.2) is 0 Å². The summed E-state index contributed by atoms with van der Waals surface area (Å²) in [5.74, 6) is 0.976. The molecule has 0 bridgehead atoms. The normalized spacial score (nSPS) is 25.4. The van der Waals surface area contributed by atoms with Crippen LogP contribution >= 0.6 is 0 Å². The summed E-state index contributed by atoms with van der Waals surface area (Å²) in [6.07, 6.45) is 7.79. The molecule has 0 spiro atoms. The molecule has 110 valence electrons. The summed E-state index contributed by atoms with van der Waals surface area (Å²) < 4.78 is 11.0. The fourth-order valence-electron chi connectivity index (χ4n) is 3.44. The third kappa shape index (κ3) is 3.15. The molecule has 2 aliphatic heterocycles. The quantitative estimate of drug-likeness (QED) is 0.895. The Morgan fingerprint density at radius 1 is 1.35 bits per heavy atom. The Morgan fingerprint density at radius 2 is 2.30 bits per heavy atom. The maximum absolute atomic E-state index is 5.71. The summed E-state index contributed by atoms with van der Waals surface area (Å²) >= 11 is 0. The molecule has 1 N–H and O–H groups in total. The highest BCUT2D eigenvalue weighted by atomic mass is 16.5. The first kappa shape index (κ1) is 13.9. The second-order valence-corrected chi connectivity index (χ2v) is 5.89. The molecule has 0 amide bonds. The van der Waals surface area contributed by atoms with Crippen LogP contribution in [0.1, 0.15) is 49.3 Å². The minimum Gasteiger partial charge on any atom is -0.497 e. The van der Waals surface area contributed by atoms with Gasteiger partial charge >= 0.3 is 0 Å². The first-order valence-corrected chi connectivity index (χ1v) is 7.88. The predicted molar refractivity (Wildman–Crippen MR) is 80.3 cm³/mol. The van der Waals surface area contributed by atoms with Crippen molar-refractivity contribution in [3.63, 3.8) is 0 Å². The van der Waals surface area contributed by atoms with Gasteiger partial charge in [0, 0.05) is 12.6 Å². The van der Waals surface area contributed by atoms with Crippen LogP contribution in [0.4, 0.5) is 0 Å². The van der Waals surface area contributed by atoms with E-state index in [9.17, 15) is 0 Å². The number of ether oxygens (including phenoxy) is 2. The summed E-state index contributed by atoms with van der Waals surface area (Å²) in [7, 11) is 1.74. The Bertz CT molecular complexity index is 441. The lowest BCUT2D eigenvalue weighted by Gasteiger charge is -2.27. The Morgan fingerprint density at radius 3 is 3.10 bits per heavy atom. The molecular formula is C17H25NO2. The van der Waals surface area contributed by atoms with Crippen LogP contribution in [0.5, 0.6) is 5.75 Å². The van der Waals surface area contributed by atoms with Crippen molar-refractivity contribution >= 4 is 0 Å². The van der Waals surface area contributed by atoms with Crippen LogP contribution in [-0.4, -0.2) is 26.4 Å². The van der Waals surface area contributed by atoms with Gasteiger partial charge in [0.2, 0.25) is 0 Å². The molecule has 1 fully saturated rings. The van der Waals surface area contributed by atoms with Gasteiger partial charge in [-0.05, 0) is 68.3 Å². The van der Waals surface area contributed by atoms with E-state index in [1.807, 2.05) is 0 Å². The van der Waals surface area contributed by atoms with Crippen molar-refractivity contribution in [3.05, 3.63) is 29.3 Å². The number of benzene rings is 1. The molecule has 0 aliphatic carbocycles. The van der Waals surface area contributed by atoms with Gasteiger partial charge in [0.1, 0.15) is 5.75 Å². The monoisotopic (exact) mass is 275 g/mol. The smallest absolute Gasteiger partial charge is 0.119 e. The molecule has 2 unspecified atom stereocenters. The van der Waals surface area contributed by atoms with Crippen LogP contribution in [0.15, 0.2) is 18.2 Å². The number of rotatable bonds is 5. The van der Waals surface area contributed by atoms with Crippen LogP contribution in [-0.2, 0) is 11.2 Å². The van der Waals surface area contributed by atoms with Crippen LogP contribution in [0.3, 0.4) is 0 Å². The Balaban J connectivity index is 1.58. The molecular weight excluding hydrogens is 250 g/mol. The topological polar surface area (TPSA) is 30.5 Å². The molecule has 3 nitrogen and oxygen atoms in total. The van der Waals surface area contributed by atoms with Gasteiger partial charge in [-0.1, -0.05) is 6.07 Å². The molecule has 2 heterocycles. The van der Waals surface area contributed by atoms with Gasteiger partial charge in [-0.25, -0.2) is 0 Å². The molecule has 1 saturated heterocycles. The molecule has 2 aliphatic rings.